The molecule has 1 N–H and O–H groups in total. The number of allylic oxidation sites excluding steroid dienone is 2. The number of ketones is 1. The Labute approximate surface area is 237 Å². The SMILES string of the molecule is CC(C)C1=C2[C@H]3CC[C@@H]4[C@@]5(C)CCC(Nc6ccccc6F)C(C)(C)[C@@H]5CC[C@@]4(C)[C@]3(C)CC[C@@]2(C)CC1=O. The summed E-state index contributed by atoms with van der Waals surface area (Å²) in [6, 6.07) is 7.45. The maximum Gasteiger partial charge on any atom is 0.159 e. The number of Topliss-reactive ketones (excluding diaryl/α,β-unsaturated/α-hetero) is 1. The Morgan fingerprint density at radius 1 is 0.846 bits per heavy atom. The Balaban J connectivity index is 1.34. The minimum absolute atomic E-state index is 0.0869. The van der Waals surface area contributed by atoms with Gasteiger partial charge < -0.3 is 5.32 Å². The fourth-order valence-electron chi connectivity index (χ4n) is 11.9. The average molecular weight is 534 g/mol. The summed E-state index contributed by atoms with van der Waals surface area (Å²) in [6.07, 6.45) is 10.5. The molecule has 0 aromatic heterocycles. The van der Waals surface area contributed by atoms with Crippen LogP contribution in [-0.4, -0.2) is 11.8 Å². The van der Waals surface area contributed by atoms with Crippen LogP contribution >= 0.6 is 0 Å². The highest BCUT2D eigenvalue weighted by molar-refractivity contribution is 6.00. The molecule has 2 nitrogen and oxygen atoms in total. The van der Waals surface area contributed by atoms with E-state index in [1.165, 1.54) is 50.5 Å². The molecule has 214 valence electrons. The van der Waals surface area contributed by atoms with Crippen LogP contribution in [0.5, 0.6) is 0 Å². The molecular formula is C36H52FNO. The van der Waals surface area contributed by atoms with E-state index in [0.717, 1.165) is 12.8 Å². The first-order chi connectivity index (χ1) is 18.2. The highest BCUT2D eigenvalue weighted by Crippen LogP contribution is 2.76. The quantitative estimate of drug-likeness (QED) is 0.419. The third kappa shape index (κ3) is 3.59. The molecule has 0 radical (unpaired) electrons. The van der Waals surface area contributed by atoms with E-state index in [4.69, 9.17) is 0 Å². The molecule has 4 saturated carbocycles. The third-order valence-electron chi connectivity index (χ3n) is 14.0. The van der Waals surface area contributed by atoms with Gasteiger partial charge in [-0.2, -0.15) is 0 Å². The lowest BCUT2D eigenvalue weighted by Crippen LogP contribution is -2.66. The Hall–Kier alpha value is -1.64. The molecule has 5 aliphatic carbocycles. The van der Waals surface area contributed by atoms with Gasteiger partial charge in [0.2, 0.25) is 0 Å². The van der Waals surface area contributed by atoms with Crippen LogP contribution in [0.15, 0.2) is 35.4 Å². The van der Waals surface area contributed by atoms with Gasteiger partial charge in [0.05, 0.1) is 5.69 Å². The first-order valence-electron chi connectivity index (χ1n) is 16.0. The summed E-state index contributed by atoms with van der Waals surface area (Å²) in [5, 5.41) is 3.66. The van der Waals surface area contributed by atoms with E-state index < -0.39 is 0 Å². The van der Waals surface area contributed by atoms with Crippen molar-refractivity contribution in [1.82, 2.24) is 0 Å². The van der Waals surface area contributed by atoms with E-state index in [9.17, 15) is 9.18 Å². The summed E-state index contributed by atoms with van der Waals surface area (Å²) >= 11 is 0. The molecule has 3 heteroatoms. The number of para-hydroxylation sites is 1. The molecule has 39 heavy (non-hydrogen) atoms. The number of hydrogen-bond donors (Lipinski definition) is 1. The van der Waals surface area contributed by atoms with Crippen molar-refractivity contribution >= 4 is 11.5 Å². The van der Waals surface area contributed by atoms with Gasteiger partial charge in [-0.15, -0.1) is 0 Å². The van der Waals surface area contributed by atoms with Crippen molar-refractivity contribution in [3.63, 3.8) is 0 Å². The lowest BCUT2D eigenvalue weighted by Gasteiger charge is -2.72. The number of rotatable bonds is 3. The van der Waals surface area contributed by atoms with Crippen LogP contribution in [0.25, 0.3) is 0 Å². The molecule has 0 amide bonds. The summed E-state index contributed by atoms with van der Waals surface area (Å²) in [5.41, 5.74) is 4.44. The lowest BCUT2D eigenvalue weighted by molar-refractivity contribution is -0.213. The Kier molecular flexibility index (Phi) is 6.13. The van der Waals surface area contributed by atoms with Gasteiger partial charge in [0.1, 0.15) is 5.82 Å². The van der Waals surface area contributed by atoms with Crippen LogP contribution in [0.3, 0.4) is 0 Å². The normalized spacial score (nSPS) is 44.9. The zero-order valence-corrected chi connectivity index (χ0v) is 25.8. The van der Waals surface area contributed by atoms with E-state index in [-0.39, 0.29) is 33.5 Å². The second kappa shape index (κ2) is 8.68. The molecular weight excluding hydrogens is 481 g/mol. The smallest absolute Gasteiger partial charge is 0.159 e. The summed E-state index contributed by atoms with van der Waals surface area (Å²) in [6.45, 7) is 19.7. The monoisotopic (exact) mass is 533 g/mol. The molecule has 1 unspecified atom stereocenters. The van der Waals surface area contributed by atoms with Crippen molar-refractivity contribution in [2.75, 3.05) is 5.32 Å². The van der Waals surface area contributed by atoms with Crippen LogP contribution in [0.1, 0.15) is 113 Å². The fraction of sp³-hybridized carbons (Fsp3) is 0.750. The molecule has 0 aliphatic heterocycles. The van der Waals surface area contributed by atoms with Crippen molar-refractivity contribution in [3.8, 4) is 0 Å². The summed E-state index contributed by atoms with van der Waals surface area (Å²) < 4.78 is 14.6. The summed E-state index contributed by atoms with van der Waals surface area (Å²) in [7, 11) is 0. The number of carbonyl (C=O) groups excluding carboxylic acids is 1. The number of benzene rings is 1. The number of hydrogen-bond acceptors (Lipinski definition) is 2. The molecule has 1 aromatic rings. The zero-order valence-electron chi connectivity index (χ0n) is 25.8. The van der Waals surface area contributed by atoms with Gasteiger partial charge in [-0.25, -0.2) is 4.39 Å². The fourth-order valence-corrected chi connectivity index (χ4v) is 11.9. The van der Waals surface area contributed by atoms with Crippen LogP contribution in [0.4, 0.5) is 10.1 Å². The van der Waals surface area contributed by atoms with Crippen LogP contribution in [0, 0.1) is 56.6 Å². The molecule has 0 spiro atoms. The Bertz CT molecular complexity index is 1210. The molecule has 6 rings (SSSR count). The largest absolute Gasteiger partial charge is 0.379 e. The van der Waals surface area contributed by atoms with Gasteiger partial charge in [0, 0.05) is 12.5 Å². The van der Waals surface area contributed by atoms with Crippen LogP contribution in [0.2, 0.25) is 0 Å². The second-order valence-electron chi connectivity index (χ2n) is 16.3. The van der Waals surface area contributed by atoms with Gasteiger partial charge >= 0.3 is 0 Å². The summed E-state index contributed by atoms with van der Waals surface area (Å²) in [5.74, 6) is 2.49. The van der Waals surface area contributed by atoms with Gasteiger partial charge in [-0.05, 0) is 120 Å². The highest BCUT2D eigenvalue weighted by Gasteiger charge is 2.69. The van der Waals surface area contributed by atoms with Gasteiger partial charge in [-0.3, -0.25) is 4.79 Å². The average Bonchev–Trinajstić information content (AvgIpc) is 3.13. The minimum atomic E-state index is -0.145. The van der Waals surface area contributed by atoms with E-state index in [0.29, 0.717) is 40.6 Å². The van der Waals surface area contributed by atoms with Crippen LogP contribution < -0.4 is 5.32 Å². The maximum atomic E-state index is 14.6. The molecule has 0 heterocycles. The molecule has 5 aliphatic rings. The van der Waals surface area contributed by atoms with E-state index in [1.807, 2.05) is 12.1 Å². The van der Waals surface area contributed by atoms with Gasteiger partial charge in [0.15, 0.2) is 5.78 Å². The predicted octanol–water partition coefficient (Wildman–Crippen LogP) is 9.61. The minimum Gasteiger partial charge on any atom is -0.379 e. The predicted molar refractivity (Wildman–Crippen MR) is 159 cm³/mol. The zero-order chi connectivity index (χ0) is 28.2. The van der Waals surface area contributed by atoms with Gasteiger partial charge in [0.25, 0.3) is 0 Å². The van der Waals surface area contributed by atoms with Crippen molar-refractivity contribution < 1.29 is 9.18 Å². The number of anilines is 1. The van der Waals surface area contributed by atoms with E-state index in [2.05, 4.69) is 60.7 Å². The molecule has 1 aromatic carbocycles. The van der Waals surface area contributed by atoms with Crippen molar-refractivity contribution in [3.05, 3.63) is 41.2 Å². The number of halogens is 1. The number of carbonyl (C=O) groups is 1. The molecule has 0 saturated heterocycles. The molecule has 8 atom stereocenters. The lowest BCUT2D eigenvalue weighted by atomic mass is 9.33. The molecule has 4 fully saturated rings. The summed E-state index contributed by atoms with van der Waals surface area (Å²) in [4.78, 5) is 13.3. The second-order valence-corrected chi connectivity index (χ2v) is 16.3. The third-order valence-corrected chi connectivity index (χ3v) is 14.0. The van der Waals surface area contributed by atoms with Crippen molar-refractivity contribution in [2.45, 2.75) is 119 Å². The van der Waals surface area contributed by atoms with Gasteiger partial charge in [-0.1, -0.05) is 73.1 Å². The highest BCUT2D eigenvalue weighted by atomic mass is 19.1. The maximum absolute atomic E-state index is 14.6. The Morgan fingerprint density at radius 3 is 2.26 bits per heavy atom. The van der Waals surface area contributed by atoms with Crippen molar-refractivity contribution in [1.29, 1.82) is 0 Å². The number of fused-ring (bicyclic) bond motifs is 7. The van der Waals surface area contributed by atoms with Crippen LogP contribution in [-0.2, 0) is 4.79 Å². The first-order valence-corrected chi connectivity index (χ1v) is 16.0. The Morgan fingerprint density at radius 2 is 1.56 bits per heavy atom. The topological polar surface area (TPSA) is 29.1 Å². The van der Waals surface area contributed by atoms with E-state index in [1.54, 1.807) is 17.7 Å². The standard InChI is InChI=1S/C36H52FNO/c1-22(2)30-26(39)21-33(5)19-20-35(7)23(31(30)33)13-14-28-34(6)17-16-29(38-25-12-10-9-11-24(25)37)32(3,4)27(34)15-18-36(28,35)8/h9-12,22-23,27-29,38H,13-21H2,1-8H3/t23-,27+,28-,29?,33+,34+,35-,36-/m1/s1. The molecule has 0 bridgehead atoms. The van der Waals surface area contributed by atoms with Crippen molar-refractivity contribution in [2.24, 2.45) is 50.7 Å². The van der Waals surface area contributed by atoms with E-state index >= 15 is 0 Å². The number of nitrogens with one attached hydrogen (secondary N) is 1. The first kappa shape index (κ1) is 27.5.